The number of benzene rings is 1. The van der Waals surface area contributed by atoms with Crippen LogP contribution in [-0.4, -0.2) is 33.1 Å². The Bertz CT molecular complexity index is 719. The molecule has 0 aliphatic carbocycles. The number of hydrogen-bond donors (Lipinski definition) is 3. The summed E-state index contributed by atoms with van der Waals surface area (Å²) < 4.78 is 29.0. The zero-order valence-corrected chi connectivity index (χ0v) is 18.2. The molecule has 1 aromatic rings. The van der Waals surface area contributed by atoms with Crippen molar-refractivity contribution < 1.29 is 13.2 Å². The average Bonchev–Trinajstić information content (AvgIpc) is 2.52. The maximum Gasteiger partial charge on any atom is 0.336 e. The Morgan fingerprint density at radius 1 is 1.04 bits per heavy atom. The van der Waals surface area contributed by atoms with Crippen molar-refractivity contribution in [3.63, 3.8) is 0 Å². The highest BCUT2D eigenvalue weighted by Gasteiger charge is 2.30. The van der Waals surface area contributed by atoms with Gasteiger partial charge in [0.15, 0.2) is 0 Å². The summed E-state index contributed by atoms with van der Waals surface area (Å²) in [6.45, 7) is 13.6. The van der Waals surface area contributed by atoms with Gasteiger partial charge in [-0.25, -0.2) is 9.52 Å². The first-order valence-electron chi connectivity index (χ1n) is 9.37. The van der Waals surface area contributed by atoms with Gasteiger partial charge in [-0.2, -0.15) is 13.1 Å². The first kappa shape index (κ1) is 23.4. The first-order chi connectivity index (χ1) is 12.4. The van der Waals surface area contributed by atoms with E-state index in [1.165, 1.54) is 4.90 Å². The number of carbonyl (C=O) groups excluding carboxylic acids is 1. The fourth-order valence-corrected chi connectivity index (χ4v) is 3.93. The Kier molecular flexibility index (Phi) is 8.25. The van der Waals surface area contributed by atoms with Crippen LogP contribution < -0.4 is 20.1 Å². The molecule has 0 radical (unpaired) electrons. The standard InChI is InChI=1S/C19H34N4O3S/c1-12(2)16-9-8-10-17(13(3)4)18(16)23(15(7)11-20)19(24)22-27(25,26)21-14(5)6/h8-10,12-15,21H,11,20H2,1-7H3,(H,22,24). The van der Waals surface area contributed by atoms with Crippen LogP contribution in [0.3, 0.4) is 0 Å². The number of nitrogens with two attached hydrogens (primary N) is 1. The predicted molar refractivity (Wildman–Crippen MR) is 111 cm³/mol. The second kappa shape index (κ2) is 9.52. The second-order valence-electron chi connectivity index (χ2n) is 7.73. The molecule has 2 amide bonds. The van der Waals surface area contributed by atoms with Gasteiger partial charge >= 0.3 is 16.2 Å². The van der Waals surface area contributed by atoms with Crippen LogP contribution in [0.5, 0.6) is 0 Å². The highest BCUT2D eigenvalue weighted by atomic mass is 32.2. The van der Waals surface area contributed by atoms with Crippen molar-refractivity contribution in [2.45, 2.75) is 72.4 Å². The van der Waals surface area contributed by atoms with Gasteiger partial charge in [0.25, 0.3) is 0 Å². The summed E-state index contributed by atoms with van der Waals surface area (Å²) in [6, 6.07) is 4.48. The number of anilines is 1. The summed E-state index contributed by atoms with van der Waals surface area (Å²) in [6.07, 6.45) is 0. The highest BCUT2D eigenvalue weighted by molar-refractivity contribution is 7.88. The molecule has 0 aliphatic heterocycles. The van der Waals surface area contributed by atoms with E-state index in [1.807, 2.05) is 52.8 Å². The van der Waals surface area contributed by atoms with E-state index < -0.39 is 16.2 Å². The molecule has 4 N–H and O–H groups in total. The largest absolute Gasteiger partial charge is 0.336 e. The molecule has 8 heteroatoms. The minimum absolute atomic E-state index is 0.157. The van der Waals surface area contributed by atoms with E-state index in [0.29, 0.717) is 0 Å². The van der Waals surface area contributed by atoms with Crippen molar-refractivity contribution in [1.29, 1.82) is 0 Å². The Labute approximate surface area is 163 Å². The van der Waals surface area contributed by atoms with E-state index in [4.69, 9.17) is 5.73 Å². The Morgan fingerprint density at radius 3 is 1.89 bits per heavy atom. The molecule has 0 saturated carbocycles. The number of amides is 2. The van der Waals surface area contributed by atoms with Gasteiger partial charge in [0.1, 0.15) is 0 Å². The molecule has 154 valence electrons. The van der Waals surface area contributed by atoms with E-state index in [0.717, 1.165) is 16.8 Å². The predicted octanol–water partition coefficient (Wildman–Crippen LogP) is 3.04. The highest BCUT2D eigenvalue weighted by Crippen LogP contribution is 2.36. The molecular formula is C19H34N4O3S. The third-order valence-electron chi connectivity index (χ3n) is 4.20. The SMILES string of the molecule is CC(C)NS(=O)(=O)NC(=O)N(c1c(C(C)C)cccc1C(C)C)C(C)CN. The summed E-state index contributed by atoms with van der Waals surface area (Å²) in [4.78, 5) is 14.5. The van der Waals surface area contributed by atoms with Gasteiger partial charge in [0.05, 0.1) is 5.69 Å². The number of nitrogens with zero attached hydrogens (tertiary/aromatic N) is 1. The normalized spacial score (nSPS) is 13.3. The van der Waals surface area contributed by atoms with E-state index in [-0.39, 0.29) is 30.5 Å². The lowest BCUT2D eigenvalue weighted by Crippen LogP contribution is -2.53. The molecule has 27 heavy (non-hydrogen) atoms. The minimum Gasteiger partial charge on any atom is -0.328 e. The van der Waals surface area contributed by atoms with Crippen molar-refractivity contribution in [3.05, 3.63) is 29.3 Å². The van der Waals surface area contributed by atoms with Crippen molar-refractivity contribution in [2.24, 2.45) is 5.73 Å². The van der Waals surface area contributed by atoms with E-state index in [2.05, 4.69) is 9.44 Å². The maximum absolute atomic E-state index is 13.0. The number of para-hydroxylation sites is 1. The molecule has 0 bridgehead atoms. The lowest BCUT2D eigenvalue weighted by Gasteiger charge is -2.34. The molecule has 0 spiro atoms. The molecule has 0 saturated heterocycles. The molecule has 1 unspecified atom stereocenters. The van der Waals surface area contributed by atoms with Gasteiger partial charge in [-0.05, 0) is 43.7 Å². The Hall–Kier alpha value is -1.64. The lowest BCUT2D eigenvalue weighted by atomic mass is 9.91. The van der Waals surface area contributed by atoms with E-state index >= 15 is 0 Å². The first-order valence-corrected chi connectivity index (χ1v) is 10.9. The fourth-order valence-electron chi connectivity index (χ4n) is 2.92. The quantitative estimate of drug-likeness (QED) is 0.626. The zero-order chi connectivity index (χ0) is 20.9. The van der Waals surface area contributed by atoms with Crippen LogP contribution in [0, 0.1) is 0 Å². The van der Waals surface area contributed by atoms with Crippen LogP contribution in [0.2, 0.25) is 0 Å². The summed E-state index contributed by atoms with van der Waals surface area (Å²) in [5.74, 6) is 0.314. The second-order valence-corrected chi connectivity index (χ2v) is 9.18. The number of rotatable bonds is 8. The number of hydrogen-bond acceptors (Lipinski definition) is 4. The molecule has 1 rings (SSSR count). The summed E-state index contributed by atoms with van der Waals surface area (Å²) >= 11 is 0. The third-order valence-corrected chi connectivity index (χ3v) is 5.42. The van der Waals surface area contributed by atoms with Gasteiger partial charge in [-0.3, -0.25) is 4.90 Å². The Morgan fingerprint density at radius 2 is 1.52 bits per heavy atom. The molecule has 1 atom stereocenters. The molecule has 0 aliphatic rings. The maximum atomic E-state index is 13.0. The minimum atomic E-state index is -3.97. The molecular weight excluding hydrogens is 364 g/mol. The van der Waals surface area contributed by atoms with Gasteiger partial charge in [0.2, 0.25) is 0 Å². The zero-order valence-electron chi connectivity index (χ0n) is 17.4. The topological polar surface area (TPSA) is 105 Å². The average molecular weight is 399 g/mol. The van der Waals surface area contributed by atoms with Crippen molar-refractivity contribution in [2.75, 3.05) is 11.4 Å². The number of carbonyl (C=O) groups is 1. The Balaban J connectivity index is 3.51. The summed E-state index contributed by atoms with van der Waals surface area (Å²) in [5.41, 5.74) is 8.55. The van der Waals surface area contributed by atoms with Crippen LogP contribution >= 0.6 is 0 Å². The van der Waals surface area contributed by atoms with Crippen LogP contribution in [0.1, 0.15) is 71.4 Å². The summed E-state index contributed by atoms with van der Waals surface area (Å²) in [7, 11) is -3.97. The summed E-state index contributed by atoms with van der Waals surface area (Å²) in [5, 5.41) is 0. The van der Waals surface area contributed by atoms with E-state index in [9.17, 15) is 13.2 Å². The number of urea groups is 1. The van der Waals surface area contributed by atoms with Crippen molar-refractivity contribution >= 4 is 21.9 Å². The van der Waals surface area contributed by atoms with Crippen LogP contribution in [0.15, 0.2) is 18.2 Å². The van der Waals surface area contributed by atoms with E-state index in [1.54, 1.807) is 13.8 Å². The van der Waals surface area contributed by atoms with Crippen LogP contribution in [-0.2, 0) is 10.2 Å². The third kappa shape index (κ3) is 6.19. The van der Waals surface area contributed by atoms with Crippen molar-refractivity contribution in [3.8, 4) is 0 Å². The fraction of sp³-hybridized carbons (Fsp3) is 0.632. The van der Waals surface area contributed by atoms with Crippen LogP contribution in [0.4, 0.5) is 10.5 Å². The van der Waals surface area contributed by atoms with Crippen LogP contribution in [0.25, 0.3) is 0 Å². The molecule has 0 fully saturated rings. The molecule has 0 aromatic heterocycles. The smallest absolute Gasteiger partial charge is 0.328 e. The lowest BCUT2D eigenvalue weighted by molar-refractivity contribution is 0.249. The number of nitrogens with one attached hydrogen (secondary N) is 2. The van der Waals surface area contributed by atoms with Crippen molar-refractivity contribution in [1.82, 2.24) is 9.44 Å². The molecule has 7 nitrogen and oxygen atoms in total. The monoisotopic (exact) mass is 398 g/mol. The molecule has 1 aromatic carbocycles. The molecule has 0 heterocycles. The van der Waals surface area contributed by atoms with Gasteiger partial charge in [-0.15, -0.1) is 0 Å². The van der Waals surface area contributed by atoms with Gasteiger partial charge in [0, 0.05) is 18.6 Å². The van der Waals surface area contributed by atoms with Gasteiger partial charge < -0.3 is 5.73 Å². The van der Waals surface area contributed by atoms with Gasteiger partial charge in [-0.1, -0.05) is 45.9 Å².